The fraction of sp³-hybridized carbons (Fsp3) is 0.227. The highest BCUT2D eigenvalue weighted by atomic mass is 16.5. The first-order valence-electron chi connectivity index (χ1n) is 9.46. The Morgan fingerprint density at radius 1 is 1.17 bits per heavy atom. The van der Waals surface area contributed by atoms with Crippen molar-refractivity contribution in [3.63, 3.8) is 0 Å². The second kappa shape index (κ2) is 7.89. The molecular formula is C22H22N4O3. The first kappa shape index (κ1) is 18.9. The zero-order chi connectivity index (χ0) is 20.4. The maximum absolute atomic E-state index is 13.1. The van der Waals surface area contributed by atoms with Gasteiger partial charge in [0.25, 0.3) is 11.5 Å². The van der Waals surface area contributed by atoms with E-state index < -0.39 is 0 Å². The molecule has 1 aromatic carbocycles. The van der Waals surface area contributed by atoms with Crippen LogP contribution in [-0.2, 0) is 11.3 Å². The molecule has 0 radical (unpaired) electrons. The van der Waals surface area contributed by atoms with E-state index in [2.05, 4.69) is 10.3 Å². The minimum Gasteiger partial charge on any atom is -0.385 e. The molecule has 4 aromatic rings. The SMILES string of the molecule is COCCCn1c(C(=O)Nc2cccc(C)c2)cc2c(=O)n3ccccc3nc21. The number of anilines is 1. The lowest BCUT2D eigenvalue weighted by molar-refractivity contribution is 0.101. The average molecular weight is 390 g/mol. The first-order valence-corrected chi connectivity index (χ1v) is 9.46. The number of hydrogen-bond donors (Lipinski definition) is 1. The van der Waals surface area contributed by atoms with Gasteiger partial charge in [0, 0.05) is 32.1 Å². The Labute approximate surface area is 167 Å². The molecule has 4 rings (SSSR count). The maximum atomic E-state index is 13.1. The second-order valence-electron chi connectivity index (χ2n) is 6.93. The van der Waals surface area contributed by atoms with Crippen LogP contribution in [0.15, 0.2) is 59.5 Å². The van der Waals surface area contributed by atoms with Crippen LogP contribution in [0, 0.1) is 6.92 Å². The molecule has 7 heteroatoms. The van der Waals surface area contributed by atoms with Crippen molar-refractivity contribution in [3.05, 3.63) is 76.3 Å². The van der Waals surface area contributed by atoms with Crippen molar-refractivity contribution in [2.24, 2.45) is 0 Å². The average Bonchev–Trinajstić information content (AvgIpc) is 3.07. The summed E-state index contributed by atoms with van der Waals surface area (Å²) in [6.07, 6.45) is 2.37. The third-order valence-electron chi connectivity index (χ3n) is 4.82. The lowest BCUT2D eigenvalue weighted by Gasteiger charge is -2.11. The van der Waals surface area contributed by atoms with Gasteiger partial charge >= 0.3 is 0 Å². The van der Waals surface area contributed by atoms with Gasteiger partial charge in [-0.15, -0.1) is 0 Å². The largest absolute Gasteiger partial charge is 0.385 e. The van der Waals surface area contributed by atoms with Gasteiger partial charge in [-0.2, -0.15) is 0 Å². The number of rotatable bonds is 6. The molecule has 0 bridgehead atoms. The van der Waals surface area contributed by atoms with Gasteiger partial charge in [0.15, 0.2) is 0 Å². The molecule has 0 saturated carbocycles. The van der Waals surface area contributed by atoms with E-state index in [9.17, 15) is 9.59 Å². The van der Waals surface area contributed by atoms with Gasteiger partial charge in [0.2, 0.25) is 0 Å². The molecule has 148 valence electrons. The molecule has 1 amide bonds. The number of fused-ring (bicyclic) bond motifs is 2. The summed E-state index contributed by atoms with van der Waals surface area (Å²) in [5.74, 6) is -0.278. The molecule has 3 aromatic heterocycles. The second-order valence-corrected chi connectivity index (χ2v) is 6.93. The molecule has 0 spiro atoms. The Morgan fingerprint density at radius 3 is 2.83 bits per heavy atom. The Balaban J connectivity index is 1.83. The van der Waals surface area contributed by atoms with Crippen molar-refractivity contribution in [1.29, 1.82) is 0 Å². The standard InChI is InChI=1S/C22H22N4O3/c1-15-7-5-8-16(13-15)23-21(27)18-14-17-20(25(18)11-6-12-29-2)24-19-9-3-4-10-26(19)22(17)28/h3-5,7-10,13-14H,6,11-12H2,1-2H3,(H,23,27). The van der Waals surface area contributed by atoms with Crippen LogP contribution in [0.5, 0.6) is 0 Å². The van der Waals surface area contributed by atoms with Gasteiger partial charge in [-0.3, -0.25) is 14.0 Å². The minimum absolute atomic E-state index is 0.194. The van der Waals surface area contributed by atoms with Crippen molar-refractivity contribution in [3.8, 4) is 0 Å². The van der Waals surface area contributed by atoms with Crippen molar-refractivity contribution < 1.29 is 9.53 Å². The molecule has 3 heterocycles. The van der Waals surface area contributed by atoms with E-state index in [0.717, 1.165) is 5.56 Å². The summed E-state index contributed by atoms with van der Waals surface area (Å²) in [6.45, 7) is 3.03. The Kier molecular flexibility index (Phi) is 5.14. The van der Waals surface area contributed by atoms with Crippen molar-refractivity contribution >= 4 is 28.3 Å². The number of carbonyl (C=O) groups excluding carboxylic acids is 1. The van der Waals surface area contributed by atoms with E-state index in [1.165, 1.54) is 4.40 Å². The molecule has 0 unspecified atom stereocenters. The summed E-state index contributed by atoms with van der Waals surface area (Å²) in [5, 5.41) is 3.34. The molecule has 29 heavy (non-hydrogen) atoms. The highest BCUT2D eigenvalue weighted by Crippen LogP contribution is 2.19. The van der Waals surface area contributed by atoms with Gasteiger partial charge < -0.3 is 14.6 Å². The number of hydrogen-bond acceptors (Lipinski definition) is 4. The molecule has 0 atom stereocenters. The molecule has 0 aliphatic heterocycles. The summed E-state index contributed by atoms with van der Waals surface area (Å²) >= 11 is 0. The van der Waals surface area contributed by atoms with E-state index >= 15 is 0 Å². The van der Waals surface area contributed by atoms with Crippen molar-refractivity contribution in [2.75, 3.05) is 19.0 Å². The van der Waals surface area contributed by atoms with Gasteiger partial charge in [0.1, 0.15) is 17.0 Å². The van der Waals surface area contributed by atoms with E-state index in [1.54, 1.807) is 36.1 Å². The number of carbonyl (C=O) groups is 1. The predicted octanol–water partition coefficient (Wildman–Crippen LogP) is 3.25. The van der Waals surface area contributed by atoms with Crippen LogP contribution in [0.3, 0.4) is 0 Å². The highest BCUT2D eigenvalue weighted by molar-refractivity contribution is 6.06. The topological polar surface area (TPSA) is 77.6 Å². The molecule has 0 aliphatic rings. The predicted molar refractivity (Wildman–Crippen MR) is 113 cm³/mol. The number of aromatic nitrogens is 3. The van der Waals surface area contributed by atoms with Crippen LogP contribution in [0.4, 0.5) is 5.69 Å². The highest BCUT2D eigenvalue weighted by Gasteiger charge is 2.19. The Hall–Kier alpha value is -3.45. The fourth-order valence-electron chi connectivity index (χ4n) is 3.45. The van der Waals surface area contributed by atoms with Crippen LogP contribution in [0.2, 0.25) is 0 Å². The zero-order valence-corrected chi connectivity index (χ0v) is 16.4. The van der Waals surface area contributed by atoms with E-state index in [1.807, 2.05) is 37.3 Å². The van der Waals surface area contributed by atoms with Gasteiger partial charge in [-0.1, -0.05) is 18.2 Å². The van der Waals surface area contributed by atoms with Crippen LogP contribution in [0.1, 0.15) is 22.5 Å². The van der Waals surface area contributed by atoms with Crippen molar-refractivity contribution in [2.45, 2.75) is 19.9 Å². The Morgan fingerprint density at radius 2 is 2.03 bits per heavy atom. The van der Waals surface area contributed by atoms with Crippen LogP contribution in [0.25, 0.3) is 16.7 Å². The molecule has 7 nitrogen and oxygen atoms in total. The van der Waals surface area contributed by atoms with Gasteiger partial charge in [0.05, 0.1) is 5.39 Å². The van der Waals surface area contributed by atoms with Crippen molar-refractivity contribution in [1.82, 2.24) is 14.0 Å². The third-order valence-corrected chi connectivity index (χ3v) is 4.82. The van der Waals surface area contributed by atoms with E-state index in [-0.39, 0.29) is 11.5 Å². The maximum Gasteiger partial charge on any atom is 0.272 e. The molecule has 1 N–H and O–H groups in total. The quantitative estimate of drug-likeness (QED) is 0.513. The third kappa shape index (κ3) is 3.64. The smallest absolute Gasteiger partial charge is 0.272 e. The fourth-order valence-corrected chi connectivity index (χ4v) is 3.45. The number of nitrogens with one attached hydrogen (secondary N) is 1. The number of nitrogens with zero attached hydrogens (tertiary/aromatic N) is 3. The van der Waals surface area contributed by atoms with E-state index in [0.29, 0.717) is 47.6 Å². The first-order chi connectivity index (χ1) is 14.1. The summed E-state index contributed by atoms with van der Waals surface area (Å²) in [7, 11) is 1.64. The molecule has 0 aliphatic carbocycles. The summed E-state index contributed by atoms with van der Waals surface area (Å²) in [4.78, 5) is 30.7. The van der Waals surface area contributed by atoms with Crippen LogP contribution < -0.4 is 10.9 Å². The number of methoxy groups -OCH3 is 1. The number of benzene rings is 1. The molecule has 0 saturated heterocycles. The summed E-state index contributed by atoms with van der Waals surface area (Å²) < 4.78 is 8.44. The summed E-state index contributed by atoms with van der Waals surface area (Å²) in [5.41, 5.74) is 3.01. The number of amides is 1. The number of ether oxygens (including phenoxy) is 1. The lowest BCUT2D eigenvalue weighted by Crippen LogP contribution is -2.18. The van der Waals surface area contributed by atoms with Gasteiger partial charge in [-0.05, 0) is 49.2 Å². The van der Waals surface area contributed by atoms with Gasteiger partial charge in [-0.25, -0.2) is 4.98 Å². The molecular weight excluding hydrogens is 368 g/mol. The molecule has 0 fully saturated rings. The number of aryl methyl sites for hydroxylation is 2. The van der Waals surface area contributed by atoms with Crippen LogP contribution in [-0.4, -0.2) is 33.6 Å². The normalized spacial score (nSPS) is 11.2. The lowest BCUT2D eigenvalue weighted by atomic mass is 10.2. The number of pyridine rings is 1. The minimum atomic E-state index is -0.278. The van der Waals surface area contributed by atoms with E-state index in [4.69, 9.17) is 4.74 Å². The van der Waals surface area contributed by atoms with Crippen LogP contribution >= 0.6 is 0 Å². The monoisotopic (exact) mass is 390 g/mol. The zero-order valence-electron chi connectivity index (χ0n) is 16.4. The summed E-state index contributed by atoms with van der Waals surface area (Å²) in [6, 6.07) is 14.6. The Bertz CT molecular complexity index is 1260.